The predicted octanol–water partition coefficient (Wildman–Crippen LogP) is 3.37. The lowest BCUT2D eigenvalue weighted by molar-refractivity contribution is -0.118. The van der Waals surface area contributed by atoms with Crippen LogP contribution in [0.2, 0.25) is 0 Å². The van der Waals surface area contributed by atoms with Gasteiger partial charge < -0.3 is 9.42 Å². The van der Waals surface area contributed by atoms with Crippen molar-refractivity contribution < 1.29 is 9.32 Å². The van der Waals surface area contributed by atoms with Gasteiger partial charge in [0.2, 0.25) is 11.8 Å². The molecule has 1 aliphatic rings. The van der Waals surface area contributed by atoms with Gasteiger partial charge in [0.15, 0.2) is 5.82 Å². The van der Waals surface area contributed by atoms with E-state index >= 15 is 0 Å². The smallest absolute Gasteiger partial charge is 0.240 e. The average Bonchev–Trinajstić information content (AvgIpc) is 2.97. The highest BCUT2D eigenvalue weighted by Crippen LogP contribution is 2.32. The Morgan fingerprint density at radius 3 is 3.00 bits per heavy atom. The molecule has 0 unspecified atom stereocenters. The molecular weight excluding hydrogens is 310 g/mol. The largest absolute Gasteiger partial charge is 0.338 e. The summed E-state index contributed by atoms with van der Waals surface area (Å²) in [7, 11) is 0. The number of anilines is 1. The lowest BCUT2D eigenvalue weighted by Gasteiger charge is -2.36. The molecule has 1 amide bonds. The number of hydrogen-bond acceptors (Lipinski definition) is 5. The highest BCUT2D eigenvalue weighted by atomic mass is 32.2. The van der Waals surface area contributed by atoms with E-state index in [2.05, 4.69) is 23.1 Å². The van der Waals surface area contributed by atoms with Crippen LogP contribution in [0.4, 0.5) is 5.69 Å². The highest BCUT2D eigenvalue weighted by molar-refractivity contribution is 7.99. The molecular formula is C17H21N3O2S. The molecule has 23 heavy (non-hydrogen) atoms. The van der Waals surface area contributed by atoms with Crippen molar-refractivity contribution in [3.8, 4) is 0 Å². The van der Waals surface area contributed by atoms with Gasteiger partial charge in [0, 0.05) is 11.7 Å². The topological polar surface area (TPSA) is 59.2 Å². The monoisotopic (exact) mass is 331 g/mol. The predicted molar refractivity (Wildman–Crippen MR) is 91.5 cm³/mol. The first kappa shape index (κ1) is 16.1. The maximum atomic E-state index is 12.9. The quantitative estimate of drug-likeness (QED) is 0.860. The molecule has 2 atom stereocenters. The maximum Gasteiger partial charge on any atom is 0.240 e. The number of carbonyl (C=O) groups excluding carboxylic acids is 1. The third-order valence-corrected chi connectivity index (χ3v) is 5.25. The Hall–Kier alpha value is -1.82. The van der Waals surface area contributed by atoms with Crippen LogP contribution in [0.25, 0.3) is 0 Å². The molecule has 0 spiro atoms. The molecule has 0 radical (unpaired) electrons. The number of hydrogen-bond donors (Lipinski definition) is 0. The SMILES string of the molecule is Cc1noc(CS[C@@H](C)C(=O)N2c3ccccc3CC[C@@H]2C)n1. The van der Waals surface area contributed by atoms with Gasteiger partial charge in [0.05, 0.1) is 11.0 Å². The summed E-state index contributed by atoms with van der Waals surface area (Å²) in [6.07, 6.45) is 2.03. The molecule has 1 aromatic heterocycles. The van der Waals surface area contributed by atoms with Gasteiger partial charge in [-0.25, -0.2) is 0 Å². The standard InChI is InChI=1S/C17H21N3O2S/c1-11-8-9-14-6-4-5-7-15(14)20(11)17(21)12(2)23-10-16-18-13(3)19-22-16/h4-7,11-12H,8-10H2,1-3H3/t11-,12-/m0/s1. The molecule has 2 aromatic rings. The molecule has 122 valence electrons. The van der Waals surface area contributed by atoms with E-state index in [-0.39, 0.29) is 17.2 Å². The average molecular weight is 331 g/mol. The minimum absolute atomic E-state index is 0.144. The minimum Gasteiger partial charge on any atom is -0.338 e. The lowest BCUT2D eigenvalue weighted by atomic mass is 9.96. The number of fused-ring (bicyclic) bond motifs is 1. The van der Waals surface area contributed by atoms with E-state index in [4.69, 9.17) is 4.52 Å². The second kappa shape index (κ2) is 6.74. The van der Waals surface area contributed by atoms with Gasteiger partial charge in [0.1, 0.15) is 0 Å². The van der Waals surface area contributed by atoms with Crippen LogP contribution in [0.5, 0.6) is 0 Å². The fourth-order valence-corrected chi connectivity index (χ4v) is 3.65. The van der Waals surface area contributed by atoms with Gasteiger partial charge in [-0.2, -0.15) is 4.98 Å². The number of benzene rings is 1. The molecule has 0 bridgehead atoms. The Morgan fingerprint density at radius 2 is 2.26 bits per heavy atom. The summed E-state index contributed by atoms with van der Waals surface area (Å²) in [6, 6.07) is 8.41. The van der Waals surface area contributed by atoms with E-state index < -0.39 is 0 Å². The molecule has 0 saturated carbocycles. The molecule has 1 aromatic carbocycles. The fraction of sp³-hybridized carbons (Fsp3) is 0.471. The van der Waals surface area contributed by atoms with Gasteiger partial charge in [0.25, 0.3) is 0 Å². The van der Waals surface area contributed by atoms with Gasteiger partial charge in [-0.1, -0.05) is 23.4 Å². The van der Waals surface area contributed by atoms with Crippen LogP contribution in [0, 0.1) is 6.92 Å². The van der Waals surface area contributed by atoms with Gasteiger partial charge in [-0.3, -0.25) is 4.79 Å². The van der Waals surface area contributed by atoms with Crippen LogP contribution in [0.3, 0.4) is 0 Å². The Bertz CT molecular complexity index is 701. The van der Waals surface area contributed by atoms with E-state index in [0.29, 0.717) is 17.5 Å². The van der Waals surface area contributed by atoms with Crippen molar-refractivity contribution in [3.63, 3.8) is 0 Å². The van der Waals surface area contributed by atoms with Crippen LogP contribution in [0.1, 0.15) is 37.5 Å². The summed E-state index contributed by atoms with van der Waals surface area (Å²) < 4.78 is 5.11. The summed E-state index contributed by atoms with van der Waals surface area (Å²) >= 11 is 1.53. The Kier molecular flexibility index (Phi) is 4.71. The molecule has 2 heterocycles. The number of aryl methyl sites for hydroxylation is 2. The second-order valence-corrected chi connectivity index (χ2v) is 7.24. The van der Waals surface area contributed by atoms with Crippen LogP contribution in [-0.2, 0) is 17.0 Å². The van der Waals surface area contributed by atoms with E-state index in [1.807, 2.05) is 30.0 Å². The van der Waals surface area contributed by atoms with Crippen LogP contribution in [0.15, 0.2) is 28.8 Å². The molecule has 0 fully saturated rings. The van der Waals surface area contributed by atoms with Crippen molar-refractivity contribution in [2.75, 3.05) is 4.90 Å². The number of aromatic nitrogens is 2. The number of amides is 1. The highest BCUT2D eigenvalue weighted by Gasteiger charge is 2.31. The molecule has 0 aliphatic carbocycles. The van der Waals surface area contributed by atoms with Crippen LogP contribution in [-0.4, -0.2) is 27.3 Å². The first-order valence-electron chi connectivity index (χ1n) is 7.88. The van der Waals surface area contributed by atoms with Crippen LogP contribution >= 0.6 is 11.8 Å². The maximum absolute atomic E-state index is 12.9. The summed E-state index contributed by atoms with van der Waals surface area (Å²) in [6.45, 7) is 5.85. The second-order valence-electron chi connectivity index (χ2n) is 5.91. The molecule has 0 N–H and O–H groups in total. The van der Waals surface area contributed by atoms with Crippen molar-refractivity contribution in [1.29, 1.82) is 0 Å². The lowest BCUT2D eigenvalue weighted by Crippen LogP contribution is -2.45. The summed E-state index contributed by atoms with van der Waals surface area (Å²) in [5, 5.41) is 3.62. The van der Waals surface area contributed by atoms with Crippen molar-refractivity contribution in [3.05, 3.63) is 41.5 Å². The number of thioether (sulfide) groups is 1. The molecule has 0 saturated heterocycles. The number of rotatable bonds is 4. The number of para-hydroxylation sites is 1. The first-order valence-corrected chi connectivity index (χ1v) is 8.93. The van der Waals surface area contributed by atoms with E-state index in [1.165, 1.54) is 17.3 Å². The number of nitrogens with zero attached hydrogens (tertiary/aromatic N) is 3. The Labute approximate surface area is 140 Å². The molecule has 1 aliphatic heterocycles. The third kappa shape index (κ3) is 3.42. The van der Waals surface area contributed by atoms with Crippen molar-refractivity contribution >= 4 is 23.4 Å². The van der Waals surface area contributed by atoms with E-state index in [0.717, 1.165) is 18.5 Å². The Morgan fingerprint density at radius 1 is 1.48 bits per heavy atom. The first-order chi connectivity index (χ1) is 11.1. The van der Waals surface area contributed by atoms with E-state index in [9.17, 15) is 4.79 Å². The zero-order valence-corrected chi connectivity index (χ0v) is 14.5. The van der Waals surface area contributed by atoms with Gasteiger partial charge in [-0.15, -0.1) is 11.8 Å². The zero-order chi connectivity index (χ0) is 16.4. The summed E-state index contributed by atoms with van der Waals surface area (Å²) in [5.41, 5.74) is 2.31. The van der Waals surface area contributed by atoms with Gasteiger partial charge >= 0.3 is 0 Å². The molecule has 3 rings (SSSR count). The summed E-state index contributed by atoms with van der Waals surface area (Å²) in [4.78, 5) is 19.1. The third-order valence-electron chi connectivity index (χ3n) is 4.14. The normalized spacial score (nSPS) is 18.6. The zero-order valence-electron chi connectivity index (χ0n) is 13.7. The van der Waals surface area contributed by atoms with Crippen molar-refractivity contribution in [2.24, 2.45) is 0 Å². The van der Waals surface area contributed by atoms with Crippen molar-refractivity contribution in [2.45, 2.75) is 50.7 Å². The molecule has 5 nitrogen and oxygen atoms in total. The minimum atomic E-state index is -0.157. The summed E-state index contributed by atoms with van der Waals surface area (Å²) in [5.74, 6) is 1.89. The fourth-order valence-electron chi connectivity index (χ4n) is 2.89. The van der Waals surface area contributed by atoms with Crippen LogP contribution < -0.4 is 4.90 Å². The Balaban J connectivity index is 1.71. The van der Waals surface area contributed by atoms with E-state index in [1.54, 1.807) is 6.92 Å². The van der Waals surface area contributed by atoms with Gasteiger partial charge in [-0.05, 0) is 45.2 Å². The van der Waals surface area contributed by atoms with Crippen molar-refractivity contribution in [1.82, 2.24) is 10.1 Å². The number of carbonyl (C=O) groups is 1. The molecule has 6 heteroatoms.